The lowest BCUT2D eigenvalue weighted by atomic mass is 10.2. The van der Waals surface area contributed by atoms with Gasteiger partial charge in [-0.3, -0.25) is 5.10 Å². The molecule has 3 rings (SSSR count). The highest BCUT2D eigenvalue weighted by atomic mass is 35.5. The highest BCUT2D eigenvalue weighted by Gasteiger charge is 2.20. The van der Waals surface area contributed by atoms with Gasteiger partial charge in [-0.25, -0.2) is 4.98 Å². The number of furan rings is 1. The summed E-state index contributed by atoms with van der Waals surface area (Å²) in [6.45, 7) is 2.98. The third-order valence-electron chi connectivity index (χ3n) is 3.09. The maximum absolute atomic E-state index is 6.00. The molecule has 2 N–H and O–H groups in total. The largest absolute Gasteiger partial charge is 0.459 e. The molecule has 1 atom stereocenters. The number of benzene rings is 1. The molecule has 0 amide bonds. The zero-order chi connectivity index (χ0) is 13.9. The van der Waals surface area contributed by atoms with Gasteiger partial charge in [0.05, 0.1) is 0 Å². The molecule has 0 aliphatic rings. The van der Waals surface area contributed by atoms with Crippen LogP contribution in [0.2, 0.25) is 5.02 Å². The molecule has 2 aromatic heterocycles. The van der Waals surface area contributed by atoms with Crippen LogP contribution in [0.1, 0.15) is 31.0 Å². The summed E-state index contributed by atoms with van der Waals surface area (Å²) in [7, 11) is 0. The monoisotopic (exact) mass is 290 g/mol. The molecule has 3 aromatic rings. The van der Waals surface area contributed by atoms with Gasteiger partial charge < -0.3 is 9.73 Å². The van der Waals surface area contributed by atoms with Crippen molar-refractivity contribution in [3.8, 4) is 0 Å². The predicted octanol–water partition coefficient (Wildman–Crippen LogP) is 3.29. The summed E-state index contributed by atoms with van der Waals surface area (Å²) in [6, 6.07) is 7.43. The topological polar surface area (TPSA) is 66.7 Å². The molecule has 2 heterocycles. The van der Waals surface area contributed by atoms with Crippen LogP contribution in [-0.4, -0.2) is 21.7 Å². The van der Waals surface area contributed by atoms with Gasteiger partial charge in [0.2, 0.25) is 0 Å². The number of rotatable bonds is 5. The Hall–Kier alpha value is -1.85. The van der Waals surface area contributed by atoms with Crippen molar-refractivity contribution in [3.05, 3.63) is 47.2 Å². The van der Waals surface area contributed by atoms with E-state index < -0.39 is 0 Å². The lowest BCUT2D eigenvalue weighted by Gasteiger charge is -2.12. The van der Waals surface area contributed by atoms with Gasteiger partial charge in [-0.15, -0.1) is 0 Å². The molecule has 1 unspecified atom stereocenters. The maximum atomic E-state index is 6.00. The van der Waals surface area contributed by atoms with Gasteiger partial charge in [-0.05, 0) is 37.2 Å². The summed E-state index contributed by atoms with van der Waals surface area (Å²) in [5.41, 5.74) is 0.812. The van der Waals surface area contributed by atoms with Crippen LogP contribution in [0.3, 0.4) is 0 Å². The fourth-order valence-electron chi connectivity index (χ4n) is 2.15. The zero-order valence-corrected chi connectivity index (χ0v) is 11.8. The summed E-state index contributed by atoms with van der Waals surface area (Å²) >= 11 is 6.00. The van der Waals surface area contributed by atoms with E-state index in [0.29, 0.717) is 5.02 Å². The fraction of sp³-hybridized carbons (Fsp3) is 0.286. The van der Waals surface area contributed by atoms with E-state index in [2.05, 4.69) is 27.4 Å². The molecule has 0 spiro atoms. The van der Waals surface area contributed by atoms with Gasteiger partial charge in [0, 0.05) is 10.4 Å². The van der Waals surface area contributed by atoms with Crippen LogP contribution in [0.5, 0.6) is 0 Å². The Morgan fingerprint density at radius 1 is 1.40 bits per heavy atom. The van der Waals surface area contributed by atoms with Crippen molar-refractivity contribution in [1.82, 2.24) is 20.5 Å². The molecular formula is C14H15ClN4O. The molecule has 5 nitrogen and oxygen atoms in total. The molecule has 0 fully saturated rings. The number of halogens is 1. The highest BCUT2D eigenvalue weighted by molar-refractivity contribution is 6.31. The van der Waals surface area contributed by atoms with E-state index in [0.717, 1.165) is 35.5 Å². The van der Waals surface area contributed by atoms with Gasteiger partial charge in [0.25, 0.3) is 0 Å². The molecule has 0 aliphatic heterocycles. The Balaban J connectivity index is 1.99. The number of nitrogens with one attached hydrogen (secondary N) is 2. The lowest BCUT2D eigenvalue weighted by Crippen LogP contribution is -2.23. The molecule has 0 aliphatic carbocycles. The minimum Gasteiger partial charge on any atom is -0.459 e. The number of nitrogens with zero attached hydrogens (tertiary/aromatic N) is 2. The van der Waals surface area contributed by atoms with Gasteiger partial charge in [-0.2, -0.15) is 5.10 Å². The maximum Gasteiger partial charge on any atom is 0.149 e. The van der Waals surface area contributed by atoms with Crippen LogP contribution in [0.25, 0.3) is 11.0 Å². The molecule has 0 saturated carbocycles. The van der Waals surface area contributed by atoms with Crippen LogP contribution in [0.4, 0.5) is 0 Å². The normalized spacial score (nSPS) is 12.9. The summed E-state index contributed by atoms with van der Waals surface area (Å²) in [6.07, 6.45) is 2.52. The van der Waals surface area contributed by atoms with E-state index in [9.17, 15) is 0 Å². The van der Waals surface area contributed by atoms with Crippen molar-refractivity contribution in [2.75, 3.05) is 6.54 Å². The van der Waals surface area contributed by atoms with E-state index in [4.69, 9.17) is 16.0 Å². The zero-order valence-electron chi connectivity index (χ0n) is 11.1. The summed E-state index contributed by atoms with van der Waals surface area (Å²) in [4.78, 5) is 4.22. The minimum absolute atomic E-state index is 0.136. The van der Waals surface area contributed by atoms with Crippen LogP contribution >= 0.6 is 11.6 Å². The molecule has 104 valence electrons. The Labute approximate surface area is 121 Å². The smallest absolute Gasteiger partial charge is 0.149 e. The molecule has 1 aromatic carbocycles. The molecule has 20 heavy (non-hydrogen) atoms. The van der Waals surface area contributed by atoms with Crippen molar-refractivity contribution >= 4 is 22.6 Å². The quantitative estimate of drug-likeness (QED) is 0.756. The van der Waals surface area contributed by atoms with Crippen molar-refractivity contribution in [2.24, 2.45) is 0 Å². The predicted molar refractivity (Wildman–Crippen MR) is 77.7 cm³/mol. The summed E-state index contributed by atoms with van der Waals surface area (Å²) < 4.78 is 5.90. The Morgan fingerprint density at radius 2 is 2.30 bits per heavy atom. The number of hydrogen-bond donors (Lipinski definition) is 2. The van der Waals surface area contributed by atoms with E-state index in [1.165, 1.54) is 6.33 Å². The first kappa shape index (κ1) is 13.1. The van der Waals surface area contributed by atoms with Crippen molar-refractivity contribution in [3.63, 3.8) is 0 Å². The second kappa shape index (κ2) is 5.64. The first-order valence-corrected chi connectivity index (χ1v) is 6.93. The Bertz CT molecular complexity index is 692. The van der Waals surface area contributed by atoms with Gasteiger partial charge in [0.15, 0.2) is 0 Å². The van der Waals surface area contributed by atoms with Crippen LogP contribution in [0.15, 0.2) is 35.0 Å². The number of fused-ring (bicyclic) bond motifs is 1. The Morgan fingerprint density at radius 3 is 3.05 bits per heavy atom. The van der Waals surface area contributed by atoms with E-state index in [1.54, 1.807) is 0 Å². The third kappa shape index (κ3) is 2.55. The lowest BCUT2D eigenvalue weighted by molar-refractivity contribution is 0.457. The average Bonchev–Trinajstić information content (AvgIpc) is 3.08. The van der Waals surface area contributed by atoms with Gasteiger partial charge >= 0.3 is 0 Å². The second-order valence-corrected chi connectivity index (χ2v) is 5.03. The van der Waals surface area contributed by atoms with Crippen LogP contribution in [0, 0.1) is 0 Å². The van der Waals surface area contributed by atoms with E-state index in [1.807, 2.05) is 24.3 Å². The number of H-pyrrole nitrogens is 1. The average molecular weight is 291 g/mol. The fourth-order valence-corrected chi connectivity index (χ4v) is 2.33. The number of aromatic nitrogens is 3. The number of aromatic amines is 1. The SMILES string of the molecule is CCCNC(c1ncn[nH]1)c1cc2cc(Cl)ccc2o1. The summed E-state index contributed by atoms with van der Waals surface area (Å²) in [5.74, 6) is 1.54. The van der Waals surface area contributed by atoms with Gasteiger partial charge in [0.1, 0.15) is 29.5 Å². The van der Waals surface area contributed by atoms with E-state index >= 15 is 0 Å². The highest BCUT2D eigenvalue weighted by Crippen LogP contribution is 2.28. The van der Waals surface area contributed by atoms with Crippen molar-refractivity contribution in [2.45, 2.75) is 19.4 Å². The first-order chi connectivity index (χ1) is 9.78. The Kier molecular flexibility index (Phi) is 3.71. The molecular weight excluding hydrogens is 276 g/mol. The van der Waals surface area contributed by atoms with Crippen molar-refractivity contribution in [1.29, 1.82) is 0 Å². The minimum atomic E-state index is -0.136. The molecule has 6 heteroatoms. The van der Waals surface area contributed by atoms with Crippen LogP contribution < -0.4 is 5.32 Å². The van der Waals surface area contributed by atoms with E-state index in [-0.39, 0.29) is 6.04 Å². The van der Waals surface area contributed by atoms with Crippen molar-refractivity contribution < 1.29 is 4.42 Å². The third-order valence-corrected chi connectivity index (χ3v) is 3.32. The molecule has 0 radical (unpaired) electrons. The summed E-state index contributed by atoms with van der Waals surface area (Å²) in [5, 5.41) is 11.9. The first-order valence-electron chi connectivity index (χ1n) is 6.55. The molecule has 0 saturated heterocycles. The standard InChI is InChI=1S/C14H15ClN4O/c1-2-5-16-13(14-17-8-18-19-14)12-7-9-6-10(15)3-4-11(9)20-12/h3-4,6-8,13,16H,2,5H2,1H3,(H,17,18,19). The second-order valence-electron chi connectivity index (χ2n) is 4.59. The molecule has 0 bridgehead atoms. The van der Waals surface area contributed by atoms with Crippen LogP contribution in [-0.2, 0) is 0 Å². The van der Waals surface area contributed by atoms with Gasteiger partial charge in [-0.1, -0.05) is 18.5 Å². The number of hydrogen-bond acceptors (Lipinski definition) is 4.